The standard InChI is InChI=1S/2C4H9.C3H4O2.ClH.Sn/c2*1-3-4-2;1-2-3(4)5;;/h2*1,3-4H2,2H3;2H,1H2,(H,4,5);1H;/q;;;;+1/p-1. The zero-order chi connectivity index (χ0) is 12.1. The molecule has 0 spiro atoms. The molecule has 0 heterocycles. The van der Waals surface area contributed by atoms with E-state index in [9.17, 15) is 4.79 Å². The van der Waals surface area contributed by atoms with E-state index in [1.165, 1.54) is 34.6 Å². The summed E-state index contributed by atoms with van der Waals surface area (Å²) in [5.41, 5.74) is 0. The number of carboxylic acids is 1. The summed E-state index contributed by atoms with van der Waals surface area (Å²) in [6.45, 7) is 7.45. The Balaban J connectivity index is 0. The molecule has 1 radical (unpaired) electrons. The number of rotatable bonds is 7. The van der Waals surface area contributed by atoms with E-state index in [4.69, 9.17) is 14.0 Å². The first kappa shape index (κ1) is 17.7. The minimum atomic E-state index is -1.27. The van der Waals surface area contributed by atoms with Crippen LogP contribution in [0.25, 0.3) is 0 Å². The van der Waals surface area contributed by atoms with Crippen molar-refractivity contribution in [2.24, 2.45) is 0 Å². The Hall–Kier alpha value is 0.299. The Bertz CT molecular complexity index is 155. The van der Waals surface area contributed by atoms with Crippen molar-refractivity contribution in [2.75, 3.05) is 0 Å². The van der Waals surface area contributed by atoms with Crippen LogP contribution in [-0.2, 0) is 4.79 Å². The van der Waals surface area contributed by atoms with Gasteiger partial charge in [-0.2, -0.15) is 0 Å². The zero-order valence-corrected chi connectivity index (χ0v) is 13.4. The summed E-state index contributed by atoms with van der Waals surface area (Å²) < 4.78 is 2.81. The summed E-state index contributed by atoms with van der Waals surface area (Å²) in [4.78, 5) is 9.25. The molecule has 0 aromatic heterocycles. The fourth-order valence-electron chi connectivity index (χ4n) is 0.862. The summed E-state index contributed by atoms with van der Waals surface area (Å²) in [7, 11) is 6.24. The molecule has 0 atom stereocenters. The number of hydrogen-bond donors (Lipinski definition) is 1. The monoisotopic (exact) mass is 341 g/mol. The molecule has 0 aromatic rings. The quantitative estimate of drug-likeness (QED) is 0.560. The van der Waals surface area contributed by atoms with Gasteiger partial charge >= 0.3 is 81.9 Å². The first-order valence-electron chi connectivity index (χ1n) is 5.43. The van der Waals surface area contributed by atoms with Crippen LogP contribution in [0.5, 0.6) is 0 Å². The number of carbonyl (C=O) groups is 1. The van der Waals surface area contributed by atoms with Crippen LogP contribution in [0.4, 0.5) is 0 Å². The van der Waals surface area contributed by atoms with Gasteiger partial charge in [0.25, 0.3) is 0 Å². The van der Waals surface area contributed by atoms with E-state index in [-0.39, 0.29) is 0 Å². The molecule has 0 aromatic carbocycles. The molecule has 0 amide bonds. The minimum absolute atomic E-state index is 0.833. The maximum absolute atomic E-state index is 9.25. The third kappa shape index (κ3) is 20.4. The molecule has 15 heavy (non-hydrogen) atoms. The van der Waals surface area contributed by atoms with Crippen molar-refractivity contribution in [3.05, 3.63) is 12.7 Å². The van der Waals surface area contributed by atoms with Gasteiger partial charge in [-0.05, 0) is 0 Å². The van der Waals surface area contributed by atoms with Gasteiger partial charge in [0.1, 0.15) is 0 Å². The van der Waals surface area contributed by atoms with E-state index >= 15 is 0 Å². The normalized spacial score (nSPS) is 9.33. The third-order valence-corrected chi connectivity index (χ3v) is 9.43. The fourth-order valence-corrected chi connectivity index (χ4v) is 7.58. The maximum atomic E-state index is 9.25. The van der Waals surface area contributed by atoms with Crippen LogP contribution >= 0.6 is 8.92 Å². The van der Waals surface area contributed by atoms with Crippen molar-refractivity contribution in [1.82, 2.24) is 0 Å². The molecular formula is C11H22ClO2Sn. The molecular weight excluding hydrogens is 318 g/mol. The number of halogens is 1. The molecule has 4 heteroatoms. The summed E-state index contributed by atoms with van der Waals surface area (Å²) in [5, 5.41) is 7.60. The van der Waals surface area contributed by atoms with Gasteiger partial charge in [0.2, 0.25) is 0 Å². The molecule has 0 aliphatic carbocycles. The number of carboxylic acid groups (broad SMARTS) is 1. The molecule has 2 nitrogen and oxygen atoms in total. The Labute approximate surface area is 104 Å². The summed E-state index contributed by atoms with van der Waals surface area (Å²) >= 11 is -1.27. The Morgan fingerprint density at radius 2 is 1.67 bits per heavy atom. The first-order valence-corrected chi connectivity index (χ1v) is 13.1. The number of aliphatic carboxylic acids is 1. The molecule has 0 saturated heterocycles. The van der Waals surface area contributed by atoms with E-state index < -0.39 is 24.6 Å². The molecule has 0 bridgehead atoms. The van der Waals surface area contributed by atoms with Crippen molar-refractivity contribution >= 4 is 33.5 Å². The number of hydrogen-bond acceptors (Lipinski definition) is 1. The van der Waals surface area contributed by atoms with Crippen molar-refractivity contribution in [3.63, 3.8) is 0 Å². The van der Waals surface area contributed by atoms with Crippen LogP contribution in [0.2, 0.25) is 8.87 Å². The van der Waals surface area contributed by atoms with Crippen molar-refractivity contribution in [3.8, 4) is 0 Å². The van der Waals surface area contributed by atoms with E-state index in [1.807, 2.05) is 0 Å². The topological polar surface area (TPSA) is 37.3 Å². The zero-order valence-electron chi connectivity index (χ0n) is 9.76. The van der Waals surface area contributed by atoms with E-state index in [0.717, 1.165) is 6.08 Å². The molecule has 0 rings (SSSR count). The molecule has 0 fully saturated rings. The van der Waals surface area contributed by atoms with Gasteiger partial charge < -0.3 is 5.11 Å². The average molecular weight is 340 g/mol. The van der Waals surface area contributed by atoms with Crippen LogP contribution in [0.15, 0.2) is 12.7 Å². The van der Waals surface area contributed by atoms with Gasteiger partial charge in [-0.3, -0.25) is 0 Å². The predicted molar refractivity (Wildman–Crippen MR) is 68.9 cm³/mol. The van der Waals surface area contributed by atoms with E-state index in [0.29, 0.717) is 0 Å². The Kier molecular flexibility index (Phi) is 16.9. The van der Waals surface area contributed by atoms with Crippen molar-refractivity contribution < 1.29 is 9.90 Å². The molecule has 0 saturated carbocycles. The number of unbranched alkanes of at least 4 members (excludes halogenated alkanes) is 2. The van der Waals surface area contributed by atoms with Gasteiger partial charge in [0.05, 0.1) is 0 Å². The second-order valence-corrected chi connectivity index (χ2v) is 12.7. The molecule has 89 valence electrons. The van der Waals surface area contributed by atoms with Crippen LogP contribution in [0, 0.1) is 0 Å². The molecule has 0 aliphatic rings. The van der Waals surface area contributed by atoms with Crippen LogP contribution in [0.3, 0.4) is 0 Å². The third-order valence-electron chi connectivity index (χ3n) is 1.78. The van der Waals surface area contributed by atoms with Gasteiger partial charge in [0, 0.05) is 6.08 Å². The second kappa shape index (κ2) is 14.3. The van der Waals surface area contributed by atoms with E-state index in [2.05, 4.69) is 20.4 Å². The Morgan fingerprint density at radius 3 is 1.87 bits per heavy atom. The SMILES string of the molecule is C=CC(=O)O.CCC[CH2][Sn]([Cl])[CH2]CCC. The van der Waals surface area contributed by atoms with Crippen LogP contribution in [0.1, 0.15) is 39.5 Å². The molecule has 0 unspecified atom stereocenters. The summed E-state index contributed by atoms with van der Waals surface area (Å²) in [6.07, 6.45) is 6.23. The van der Waals surface area contributed by atoms with Crippen LogP contribution < -0.4 is 0 Å². The van der Waals surface area contributed by atoms with Gasteiger partial charge in [-0.15, -0.1) is 0 Å². The van der Waals surface area contributed by atoms with Crippen molar-refractivity contribution in [2.45, 2.75) is 48.4 Å². The summed E-state index contributed by atoms with van der Waals surface area (Å²) in [5.74, 6) is -0.981. The van der Waals surface area contributed by atoms with Crippen molar-refractivity contribution in [1.29, 1.82) is 0 Å². The van der Waals surface area contributed by atoms with E-state index in [1.54, 1.807) is 0 Å². The molecule has 0 aliphatic heterocycles. The van der Waals surface area contributed by atoms with Gasteiger partial charge in [-0.1, -0.05) is 6.58 Å². The summed E-state index contributed by atoms with van der Waals surface area (Å²) in [6, 6.07) is 0. The van der Waals surface area contributed by atoms with Crippen LogP contribution in [-0.4, -0.2) is 29.7 Å². The first-order chi connectivity index (χ1) is 7.08. The second-order valence-electron chi connectivity index (χ2n) is 3.27. The predicted octanol–water partition coefficient (Wildman–Crippen LogP) is 4.07. The molecule has 1 N–H and O–H groups in total. The van der Waals surface area contributed by atoms with Gasteiger partial charge in [-0.25, -0.2) is 4.79 Å². The average Bonchev–Trinajstić information content (AvgIpc) is 2.24. The Morgan fingerprint density at radius 1 is 1.33 bits per heavy atom. The van der Waals surface area contributed by atoms with Gasteiger partial charge in [0.15, 0.2) is 0 Å². The fraction of sp³-hybridized carbons (Fsp3) is 0.727.